The molecule has 0 aliphatic rings. The summed E-state index contributed by atoms with van der Waals surface area (Å²) >= 11 is 0. The molecule has 4 aromatic rings. The van der Waals surface area contributed by atoms with Crippen molar-refractivity contribution in [3.8, 4) is 0 Å². The van der Waals surface area contributed by atoms with Gasteiger partial charge in [0.25, 0.3) is 0 Å². The molecule has 4 rings (SSSR count). The van der Waals surface area contributed by atoms with Crippen LogP contribution in [0.1, 0.15) is 27.8 Å². The van der Waals surface area contributed by atoms with Gasteiger partial charge >= 0.3 is 0 Å². The van der Waals surface area contributed by atoms with Crippen LogP contribution in [0.3, 0.4) is 0 Å². The smallest absolute Gasteiger partial charge is 0.0735 e. The summed E-state index contributed by atoms with van der Waals surface area (Å²) in [5.74, 6) is 0. The molecule has 31 heavy (non-hydrogen) atoms. The van der Waals surface area contributed by atoms with E-state index in [2.05, 4.69) is 123 Å². The van der Waals surface area contributed by atoms with Gasteiger partial charge in [-0.25, -0.2) is 0 Å². The summed E-state index contributed by atoms with van der Waals surface area (Å²) in [5.41, 5.74) is 6.74. The molecule has 0 aliphatic heterocycles. The van der Waals surface area contributed by atoms with Gasteiger partial charge in [-0.15, -0.1) is 6.57 Å². The molecule has 0 atom stereocenters. The molecule has 0 saturated carbocycles. The van der Waals surface area contributed by atoms with Gasteiger partial charge in [0.05, 0.1) is 27.6 Å². The van der Waals surface area contributed by atoms with Crippen molar-refractivity contribution in [2.75, 3.05) is 0 Å². The van der Waals surface area contributed by atoms with Crippen LogP contribution in [-0.2, 0) is 0 Å². The summed E-state index contributed by atoms with van der Waals surface area (Å²) in [6.07, 6.45) is 0. The normalized spacial score (nSPS) is 13.3. The molecule has 0 spiro atoms. The highest BCUT2D eigenvalue weighted by molar-refractivity contribution is 8.25. The first-order valence-corrected chi connectivity index (χ1v) is 20.9. The van der Waals surface area contributed by atoms with Crippen LogP contribution in [0.15, 0.2) is 109 Å². The van der Waals surface area contributed by atoms with Crippen LogP contribution in [0.5, 0.6) is 0 Å². The average molecular weight is 471 g/mol. The molecule has 0 nitrogen and oxygen atoms in total. The van der Waals surface area contributed by atoms with Crippen LogP contribution in [0.4, 0.5) is 0 Å². The van der Waals surface area contributed by atoms with Crippen molar-refractivity contribution in [1.29, 1.82) is 0 Å². The molecule has 0 N–H and O–H groups in total. The average Bonchev–Trinajstić information content (AvgIpc) is 2.81. The number of hydrogen-bond acceptors (Lipinski definition) is 0. The molecule has 4 heteroatoms. The van der Waals surface area contributed by atoms with E-state index >= 15 is 0 Å². The Morgan fingerprint density at radius 1 is 0.516 bits per heavy atom. The lowest BCUT2D eigenvalue weighted by atomic mass is 10.0. The fourth-order valence-electron chi connectivity index (χ4n) is 4.27. The quantitative estimate of drug-likeness (QED) is 0.272. The minimum atomic E-state index is -0.289. The molecular formula is C27H31PSi3. The predicted molar refractivity (Wildman–Crippen MR) is 149 cm³/mol. The van der Waals surface area contributed by atoms with Gasteiger partial charge in [0.1, 0.15) is 0 Å². The molecule has 0 heterocycles. The van der Waals surface area contributed by atoms with Gasteiger partial charge in [-0.2, -0.15) is 0 Å². The van der Waals surface area contributed by atoms with Crippen molar-refractivity contribution in [2.24, 2.45) is 0 Å². The summed E-state index contributed by atoms with van der Waals surface area (Å²) in [4.78, 5) is 0. The zero-order valence-electron chi connectivity index (χ0n) is 18.5. The lowest BCUT2D eigenvalue weighted by Crippen LogP contribution is -2.27. The highest BCUT2D eigenvalue weighted by Gasteiger charge is 2.22. The van der Waals surface area contributed by atoms with Crippen molar-refractivity contribution in [2.45, 2.75) is 19.4 Å². The summed E-state index contributed by atoms with van der Waals surface area (Å²) in [5, 5.41) is 3.42. The fourth-order valence-corrected chi connectivity index (χ4v) is 33.9. The number of rotatable bonds is 8. The van der Waals surface area contributed by atoms with E-state index in [0.717, 1.165) is 0 Å². The summed E-state index contributed by atoms with van der Waals surface area (Å²) < 4.78 is 0. The molecule has 0 unspecified atom stereocenters. The zero-order valence-corrected chi connectivity index (χ0v) is 23.7. The molecule has 0 amide bonds. The maximum Gasteiger partial charge on any atom is 0.0735 e. The van der Waals surface area contributed by atoms with Gasteiger partial charge in [0.15, 0.2) is 0 Å². The topological polar surface area (TPSA) is 0 Å². The van der Waals surface area contributed by atoms with E-state index in [1.807, 2.05) is 0 Å². The third kappa shape index (κ3) is 6.02. The van der Waals surface area contributed by atoms with Crippen molar-refractivity contribution >= 4 is 44.5 Å². The summed E-state index contributed by atoms with van der Waals surface area (Å²) in [7, 11) is -0.790. The first-order chi connectivity index (χ1) is 15.2. The van der Waals surface area contributed by atoms with Gasteiger partial charge in [0.2, 0.25) is 0 Å². The SMILES string of the molecule is Cc1ccccc1[SiH2]P([SiH2]c1ccccc1C)[SiH2]C(c1ccccc1)c1ccccc1. The summed E-state index contributed by atoms with van der Waals surface area (Å²) in [6, 6.07) is 41.0. The Kier molecular flexibility index (Phi) is 7.87. The van der Waals surface area contributed by atoms with Crippen LogP contribution in [0.25, 0.3) is 0 Å². The maximum absolute atomic E-state index is 2.43. The van der Waals surface area contributed by atoms with E-state index < -0.39 is 0 Å². The van der Waals surface area contributed by atoms with E-state index in [0.29, 0.717) is 5.54 Å². The minimum absolute atomic E-state index is 0.184. The lowest BCUT2D eigenvalue weighted by molar-refractivity contribution is 1.13. The van der Waals surface area contributed by atoms with E-state index in [1.54, 1.807) is 10.4 Å². The Labute approximate surface area is 194 Å². The lowest BCUT2D eigenvalue weighted by Gasteiger charge is -2.26. The Morgan fingerprint density at radius 3 is 1.32 bits per heavy atom. The zero-order chi connectivity index (χ0) is 21.5. The Balaban J connectivity index is 1.68. The van der Waals surface area contributed by atoms with Crippen molar-refractivity contribution in [3.05, 3.63) is 131 Å². The van der Waals surface area contributed by atoms with Gasteiger partial charge < -0.3 is 0 Å². The first-order valence-electron chi connectivity index (χ1n) is 11.1. The molecule has 0 fully saturated rings. The van der Waals surface area contributed by atoms with Crippen molar-refractivity contribution < 1.29 is 0 Å². The standard InChI is InChI=1S/C27H31PSi3/c1-21-13-9-11-19-25(21)29-28(30-26-20-12-10-14-22(26)2)31-27(23-15-5-3-6-16-23)24-17-7-4-8-18-24/h3-20,27H,29-31H2,1-2H3. The third-order valence-electron chi connectivity index (χ3n) is 6.16. The van der Waals surface area contributed by atoms with Gasteiger partial charge in [-0.05, 0) is 25.0 Å². The fraction of sp³-hybridized carbons (Fsp3) is 0.111. The summed E-state index contributed by atoms with van der Waals surface area (Å²) in [6.45, 7) is 4.82. The second-order valence-electron chi connectivity index (χ2n) is 8.40. The molecular weight excluding hydrogens is 440 g/mol. The van der Waals surface area contributed by atoms with Crippen LogP contribution < -0.4 is 10.4 Å². The molecule has 0 saturated heterocycles. The highest BCUT2D eigenvalue weighted by Crippen LogP contribution is 2.38. The van der Waals surface area contributed by atoms with E-state index in [1.165, 1.54) is 22.3 Å². The third-order valence-corrected chi connectivity index (χ3v) is 31.2. The van der Waals surface area contributed by atoms with Crippen LogP contribution in [-0.4, -0.2) is 27.6 Å². The van der Waals surface area contributed by atoms with Crippen LogP contribution >= 0.6 is 6.57 Å². The van der Waals surface area contributed by atoms with Crippen LogP contribution in [0.2, 0.25) is 0 Å². The Morgan fingerprint density at radius 2 is 0.903 bits per heavy atom. The highest BCUT2D eigenvalue weighted by atomic mass is 31.8. The molecule has 0 radical (unpaired) electrons. The Hall–Kier alpha value is -2.04. The second kappa shape index (κ2) is 11.0. The number of aryl methyl sites for hydroxylation is 2. The second-order valence-corrected chi connectivity index (χ2v) is 32.2. The van der Waals surface area contributed by atoms with Crippen molar-refractivity contribution in [1.82, 2.24) is 0 Å². The van der Waals surface area contributed by atoms with Gasteiger partial charge in [0, 0.05) is 5.54 Å². The van der Waals surface area contributed by atoms with E-state index in [-0.39, 0.29) is 34.1 Å². The molecule has 0 bridgehead atoms. The van der Waals surface area contributed by atoms with Gasteiger partial charge in [-0.3, -0.25) is 0 Å². The van der Waals surface area contributed by atoms with E-state index in [4.69, 9.17) is 0 Å². The monoisotopic (exact) mass is 470 g/mol. The van der Waals surface area contributed by atoms with E-state index in [9.17, 15) is 0 Å². The molecule has 156 valence electrons. The number of hydrogen-bond donors (Lipinski definition) is 0. The largest absolute Gasteiger partial charge is 0.148 e. The Bertz CT molecular complexity index is 1010. The maximum atomic E-state index is 2.43. The van der Waals surface area contributed by atoms with Crippen LogP contribution in [0, 0.1) is 13.8 Å². The first kappa shape index (κ1) is 22.2. The minimum Gasteiger partial charge on any atom is -0.148 e. The molecule has 0 aliphatic carbocycles. The number of benzene rings is 4. The predicted octanol–water partition coefficient (Wildman–Crippen LogP) is 3.78. The molecule has 4 aromatic carbocycles. The van der Waals surface area contributed by atoms with Gasteiger partial charge in [-0.1, -0.05) is 131 Å². The van der Waals surface area contributed by atoms with Crippen molar-refractivity contribution in [3.63, 3.8) is 0 Å². The molecule has 0 aromatic heterocycles.